The van der Waals surface area contributed by atoms with Gasteiger partial charge in [-0.2, -0.15) is 0 Å². The molecule has 0 spiro atoms. The summed E-state index contributed by atoms with van der Waals surface area (Å²) in [4.78, 5) is 20.4. The first-order chi connectivity index (χ1) is 12.5. The zero-order valence-corrected chi connectivity index (χ0v) is 15.0. The first-order valence-electron chi connectivity index (χ1n) is 7.89. The van der Waals surface area contributed by atoms with Gasteiger partial charge in [0.1, 0.15) is 17.5 Å². The average molecular weight is 357 g/mol. The largest absolute Gasteiger partial charge is 0.493 e. The Morgan fingerprint density at radius 2 is 1.92 bits per heavy atom. The molecule has 8 nitrogen and oxygen atoms in total. The summed E-state index contributed by atoms with van der Waals surface area (Å²) < 4.78 is 21.5. The molecule has 1 amide bonds. The van der Waals surface area contributed by atoms with Crippen LogP contribution < -0.4 is 19.5 Å². The number of hydrogen-bond acceptors (Lipinski definition) is 7. The van der Waals surface area contributed by atoms with E-state index in [1.807, 2.05) is 13.8 Å². The molecular formula is C18H19N3O5. The van der Waals surface area contributed by atoms with E-state index in [0.717, 1.165) is 11.3 Å². The summed E-state index contributed by atoms with van der Waals surface area (Å²) in [6, 6.07) is 5.09. The third-order valence-electron chi connectivity index (χ3n) is 3.94. The Labute approximate surface area is 150 Å². The molecule has 2 heterocycles. The maximum atomic E-state index is 12.2. The Balaban J connectivity index is 1.70. The molecule has 136 valence electrons. The van der Waals surface area contributed by atoms with Gasteiger partial charge >= 0.3 is 0 Å². The second-order valence-corrected chi connectivity index (χ2v) is 5.55. The van der Waals surface area contributed by atoms with Crippen molar-refractivity contribution in [2.45, 2.75) is 13.8 Å². The topological polar surface area (TPSA) is 95.7 Å². The van der Waals surface area contributed by atoms with Gasteiger partial charge in [0.25, 0.3) is 5.91 Å². The first-order valence-corrected chi connectivity index (χ1v) is 7.89. The van der Waals surface area contributed by atoms with Crippen LogP contribution in [0.5, 0.6) is 17.4 Å². The van der Waals surface area contributed by atoms with Gasteiger partial charge in [-0.05, 0) is 26.0 Å². The normalized spacial score (nSPS) is 10.6. The standard InChI is InChI=1S/C18H19N3O5/c1-10-11(2)26-18-16(10)17(19-9-20-18)25-8-15(22)21-12-5-6-13(23-3)14(7-12)24-4/h5-7,9H,8H2,1-4H3,(H,21,22). The van der Waals surface area contributed by atoms with Gasteiger partial charge in [-0.3, -0.25) is 4.79 Å². The Morgan fingerprint density at radius 1 is 1.15 bits per heavy atom. The molecule has 0 unspecified atom stereocenters. The third-order valence-corrected chi connectivity index (χ3v) is 3.94. The van der Waals surface area contributed by atoms with E-state index in [2.05, 4.69) is 15.3 Å². The van der Waals surface area contributed by atoms with Gasteiger partial charge in [-0.25, -0.2) is 9.97 Å². The quantitative estimate of drug-likeness (QED) is 0.724. The van der Waals surface area contributed by atoms with Gasteiger partial charge < -0.3 is 23.9 Å². The van der Waals surface area contributed by atoms with Crippen LogP contribution >= 0.6 is 0 Å². The number of nitrogens with one attached hydrogen (secondary N) is 1. The molecule has 0 atom stereocenters. The van der Waals surface area contributed by atoms with Crippen molar-refractivity contribution in [3.63, 3.8) is 0 Å². The van der Waals surface area contributed by atoms with Crippen molar-refractivity contribution in [3.8, 4) is 17.4 Å². The van der Waals surface area contributed by atoms with Crippen molar-refractivity contribution < 1.29 is 23.4 Å². The van der Waals surface area contributed by atoms with Gasteiger partial charge in [0.2, 0.25) is 11.6 Å². The molecule has 1 aromatic carbocycles. The van der Waals surface area contributed by atoms with E-state index in [1.54, 1.807) is 25.3 Å². The number of anilines is 1. The molecule has 26 heavy (non-hydrogen) atoms. The number of ether oxygens (including phenoxy) is 3. The number of benzene rings is 1. The highest BCUT2D eigenvalue weighted by molar-refractivity contribution is 5.92. The molecule has 2 aromatic heterocycles. The summed E-state index contributed by atoms with van der Waals surface area (Å²) in [7, 11) is 3.08. The summed E-state index contributed by atoms with van der Waals surface area (Å²) in [6.07, 6.45) is 1.34. The van der Waals surface area contributed by atoms with E-state index in [-0.39, 0.29) is 12.5 Å². The average Bonchev–Trinajstić information content (AvgIpc) is 2.94. The summed E-state index contributed by atoms with van der Waals surface area (Å²) in [5, 5.41) is 3.41. The van der Waals surface area contributed by atoms with Crippen LogP contribution in [-0.4, -0.2) is 36.7 Å². The van der Waals surface area contributed by atoms with Crippen molar-refractivity contribution in [2.75, 3.05) is 26.1 Å². The Bertz CT molecular complexity index is 951. The highest BCUT2D eigenvalue weighted by atomic mass is 16.5. The molecule has 0 aliphatic heterocycles. The number of rotatable bonds is 6. The van der Waals surface area contributed by atoms with Crippen LogP contribution in [0.2, 0.25) is 0 Å². The summed E-state index contributed by atoms with van der Waals surface area (Å²) in [6.45, 7) is 3.52. The fourth-order valence-corrected chi connectivity index (χ4v) is 2.50. The van der Waals surface area contributed by atoms with Crippen molar-refractivity contribution in [1.82, 2.24) is 9.97 Å². The molecule has 3 aromatic rings. The number of fused-ring (bicyclic) bond motifs is 1. The second-order valence-electron chi connectivity index (χ2n) is 5.55. The lowest BCUT2D eigenvalue weighted by molar-refractivity contribution is -0.118. The van der Waals surface area contributed by atoms with Crippen LogP contribution in [0.1, 0.15) is 11.3 Å². The predicted molar refractivity (Wildman–Crippen MR) is 94.9 cm³/mol. The number of furan rings is 1. The predicted octanol–water partition coefficient (Wildman–Crippen LogP) is 2.87. The molecule has 0 radical (unpaired) electrons. The minimum Gasteiger partial charge on any atom is -0.493 e. The van der Waals surface area contributed by atoms with E-state index >= 15 is 0 Å². The Morgan fingerprint density at radius 3 is 2.65 bits per heavy atom. The molecule has 0 aliphatic carbocycles. The molecule has 1 N–H and O–H groups in total. The maximum absolute atomic E-state index is 12.2. The summed E-state index contributed by atoms with van der Waals surface area (Å²) >= 11 is 0. The third kappa shape index (κ3) is 3.39. The number of nitrogens with zero attached hydrogens (tertiary/aromatic N) is 2. The molecule has 0 saturated carbocycles. The zero-order chi connectivity index (χ0) is 18.7. The van der Waals surface area contributed by atoms with E-state index in [9.17, 15) is 4.79 Å². The van der Waals surface area contributed by atoms with Gasteiger partial charge in [0.05, 0.1) is 14.2 Å². The minimum atomic E-state index is -0.332. The smallest absolute Gasteiger partial charge is 0.262 e. The SMILES string of the molecule is COc1ccc(NC(=O)COc2ncnc3oc(C)c(C)c23)cc1OC. The molecule has 8 heteroatoms. The number of aromatic nitrogens is 2. The Kier molecular flexibility index (Phi) is 4.92. The van der Waals surface area contributed by atoms with Crippen LogP contribution in [0, 0.1) is 13.8 Å². The number of amides is 1. The lowest BCUT2D eigenvalue weighted by Crippen LogP contribution is -2.20. The van der Waals surface area contributed by atoms with Gasteiger partial charge in [0.15, 0.2) is 18.1 Å². The molecular weight excluding hydrogens is 338 g/mol. The Hall–Kier alpha value is -3.29. The van der Waals surface area contributed by atoms with Crippen LogP contribution in [0.3, 0.4) is 0 Å². The highest BCUT2D eigenvalue weighted by Crippen LogP contribution is 2.30. The molecule has 0 aliphatic rings. The second kappa shape index (κ2) is 7.30. The molecule has 0 saturated heterocycles. The van der Waals surface area contributed by atoms with E-state index in [0.29, 0.717) is 34.2 Å². The zero-order valence-electron chi connectivity index (χ0n) is 15.0. The number of carbonyl (C=O) groups is 1. The number of methoxy groups -OCH3 is 2. The lowest BCUT2D eigenvalue weighted by atomic mass is 10.2. The van der Waals surface area contributed by atoms with Gasteiger partial charge in [-0.15, -0.1) is 0 Å². The van der Waals surface area contributed by atoms with Crippen LogP contribution in [-0.2, 0) is 4.79 Å². The van der Waals surface area contributed by atoms with Crippen LogP contribution in [0.15, 0.2) is 28.9 Å². The lowest BCUT2D eigenvalue weighted by Gasteiger charge is -2.11. The highest BCUT2D eigenvalue weighted by Gasteiger charge is 2.16. The molecule has 3 rings (SSSR count). The maximum Gasteiger partial charge on any atom is 0.262 e. The minimum absolute atomic E-state index is 0.204. The number of aryl methyl sites for hydroxylation is 2. The molecule has 0 fully saturated rings. The molecule has 0 bridgehead atoms. The summed E-state index contributed by atoms with van der Waals surface area (Å²) in [5.74, 6) is 1.82. The number of hydrogen-bond donors (Lipinski definition) is 1. The van der Waals surface area contributed by atoms with Crippen molar-refractivity contribution in [2.24, 2.45) is 0 Å². The van der Waals surface area contributed by atoms with Crippen molar-refractivity contribution >= 4 is 22.7 Å². The van der Waals surface area contributed by atoms with Gasteiger partial charge in [-0.1, -0.05) is 0 Å². The van der Waals surface area contributed by atoms with Crippen molar-refractivity contribution in [3.05, 3.63) is 35.9 Å². The van der Waals surface area contributed by atoms with Crippen LogP contribution in [0.25, 0.3) is 11.1 Å². The monoisotopic (exact) mass is 357 g/mol. The van der Waals surface area contributed by atoms with E-state index < -0.39 is 0 Å². The summed E-state index contributed by atoms with van der Waals surface area (Å²) in [5.41, 5.74) is 1.89. The van der Waals surface area contributed by atoms with E-state index in [1.165, 1.54) is 13.4 Å². The fraction of sp³-hybridized carbons (Fsp3) is 0.278. The van der Waals surface area contributed by atoms with Gasteiger partial charge in [0, 0.05) is 17.3 Å². The van der Waals surface area contributed by atoms with E-state index in [4.69, 9.17) is 18.6 Å². The number of carbonyl (C=O) groups excluding carboxylic acids is 1. The van der Waals surface area contributed by atoms with Crippen molar-refractivity contribution in [1.29, 1.82) is 0 Å². The first kappa shape index (κ1) is 17.5. The van der Waals surface area contributed by atoms with Crippen LogP contribution in [0.4, 0.5) is 5.69 Å². The fourth-order valence-electron chi connectivity index (χ4n) is 2.50.